The van der Waals surface area contributed by atoms with E-state index in [1.54, 1.807) is 0 Å². The number of halogens is 1. The number of carbonyl (C=O) groups excluding carboxylic acids is 1. The van der Waals surface area contributed by atoms with Gasteiger partial charge in [-0.3, -0.25) is 4.79 Å². The van der Waals surface area contributed by atoms with E-state index in [0.29, 0.717) is 5.92 Å². The Morgan fingerprint density at radius 2 is 2.05 bits per heavy atom. The maximum absolute atomic E-state index is 10.8. The minimum absolute atomic E-state index is 0.552. The molecule has 0 aromatic heterocycles. The molecule has 1 fully saturated rings. The molecule has 0 radical (unpaired) electrons. The lowest BCUT2D eigenvalue weighted by molar-refractivity contribution is -0.119. The van der Waals surface area contributed by atoms with E-state index in [1.807, 2.05) is 4.90 Å². The molecule has 1 aliphatic rings. The zero-order valence-corrected chi connectivity index (χ0v) is 12.5. The number of amides is 1. The third kappa shape index (κ3) is 3.30. The molecule has 1 aromatic carbocycles. The van der Waals surface area contributed by atoms with E-state index in [2.05, 4.69) is 26.0 Å². The van der Waals surface area contributed by atoms with Crippen molar-refractivity contribution in [3.8, 4) is 0 Å². The second-order valence-electron chi connectivity index (χ2n) is 5.47. The largest absolute Gasteiger partial charge is 0.345 e. The number of benzene rings is 1. The van der Waals surface area contributed by atoms with Crippen molar-refractivity contribution in [3.63, 3.8) is 0 Å². The standard InChI is InChI=1S/C16H22ClNO/c1-3-4-14-9-12(2)16(17)10-15(14)13-5-7-18(11-19)8-6-13/h9-11,13H,3-8H2,1-2H3. The second kappa shape index (κ2) is 6.42. The molecule has 0 aliphatic carbocycles. The maximum Gasteiger partial charge on any atom is 0.209 e. The molecule has 1 aliphatic heterocycles. The summed E-state index contributed by atoms with van der Waals surface area (Å²) in [5.74, 6) is 0.552. The van der Waals surface area contributed by atoms with Crippen LogP contribution in [0.2, 0.25) is 5.02 Å². The van der Waals surface area contributed by atoms with Gasteiger partial charge in [0.25, 0.3) is 0 Å². The average Bonchev–Trinajstić information content (AvgIpc) is 2.43. The molecule has 2 nitrogen and oxygen atoms in total. The molecule has 19 heavy (non-hydrogen) atoms. The van der Waals surface area contributed by atoms with E-state index in [1.165, 1.54) is 16.7 Å². The molecule has 1 heterocycles. The quantitative estimate of drug-likeness (QED) is 0.765. The normalized spacial score (nSPS) is 16.7. The van der Waals surface area contributed by atoms with Crippen LogP contribution in [0.5, 0.6) is 0 Å². The molecule has 104 valence electrons. The van der Waals surface area contributed by atoms with Crippen molar-refractivity contribution in [2.75, 3.05) is 13.1 Å². The number of nitrogens with zero attached hydrogens (tertiary/aromatic N) is 1. The zero-order valence-electron chi connectivity index (χ0n) is 11.8. The van der Waals surface area contributed by atoms with Gasteiger partial charge in [0, 0.05) is 18.1 Å². The van der Waals surface area contributed by atoms with Crippen LogP contribution in [-0.2, 0) is 11.2 Å². The van der Waals surface area contributed by atoms with E-state index in [9.17, 15) is 4.79 Å². The molecular weight excluding hydrogens is 258 g/mol. The Morgan fingerprint density at radius 1 is 1.37 bits per heavy atom. The number of likely N-dealkylation sites (tertiary alicyclic amines) is 1. The van der Waals surface area contributed by atoms with Gasteiger partial charge in [0.05, 0.1) is 0 Å². The Balaban J connectivity index is 2.23. The van der Waals surface area contributed by atoms with Crippen molar-refractivity contribution in [1.29, 1.82) is 0 Å². The lowest BCUT2D eigenvalue weighted by Gasteiger charge is -2.31. The summed E-state index contributed by atoms with van der Waals surface area (Å²) in [4.78, 5) is 12.6. The number of hydrogen-bond donors (Lipinski definition) is 0. The third-order valence-corrected chi connectivity index (χ3v) is 4.47. The molecule has 0 unspecified atom stereocenters. The SMILES string of the molecule is CCCc1cc(C)c(Cl)cc1C1CCN(C=O)CC1. The number of carbonyl (C=O) groups is 1. The lowest BCUT2D eigenvalue weighted by atomic mass is 9.85. The van der Waals surface area contributed by atoms with Crippen LogP contribution in [0.3, 0.4) is 0 Å². The highest BCUT2D eigenvalue weighted by atomic mass is 35.5. The van der Waals surface area contributed by atoms with E-state index in [0.717, 1.165) is 50.2 Å². The van der Waals surface area contributed by atoms with Crippen molar-refractivity contribution < 1.29 is 4.79 Å². The minimum atomic E-state index is 0.552. The minimum Gasteiger partial charge on any atom is -0.345 e. The van der Waals surface area contributed by atoms with Crippen LogP contribution < -0.4 is 0 Å². The summed E-state index contributed by atoms with van der Waals surface area (Å²) in [7, 11) is 0. The second-order valence-corrected chi connectivity index (χ2v) is 5.87. The van der Waals surface area contributed by atoms with Gasteiger partial charge in [0.1, 0.15) is 0 Å². The van der Waals surface area contributed by atoms with Gasteiger partial charge >= 0.3 is 0 Å². The Bertz CT molecular complexity index is 450. The van der Waals surface area contributed by atoms with Crippen molar-refractivity contribution >= 4 is 18.0 Å². The van der Waals surface area contributed by atoms with E-state index >= 15 is 0 Å². The summed E-state index contributed by atoms with van der Waals surface area (Å²) in [6, 6.07) is 4.40. The van der Waals surface area contributed by atoms with Gasteiger partial charge in [-0.05, 0) is 54.9 Å². The van der Waals surface area contributed by atoms with Gasteiger partial charge in [0.2, 0.25) is 6.41 Å². The average molecular weight is 280 g/mol. The van der Waals surface area contributed by atoms with Gasteiger partial charge in [-0.15, -0.1) is 0 Å². The van der Waals surface area contributed by atoms with Gasteiger partial charge in [-0.25, -0.2) is 0 Å². The van der Waals surface area contributed by atoms with Crippen LogP contribution in [0, 0.1) is 6.92 Å². The van der Waals surface area contributed by atoms with Gasteiger partial charge in [-0.2, -0.15) is 0 Å². The van der Waals surface area contributed by atoms with Crippen LogP contribution in [0.15, 0.2) is 12.1 Å². The lowest BCUT2D eigenvalue weighted by Crippen LogP contribution is -2.31. The Kier molecular flexibility index (Phi) is 4.87. The first-order chi connectivity index (χ1) is 9.15. The fourth-order valence-electron chi connectivity index (χ4n) is 2.94. The van der Waals surface area contributed by atoms with Crippen LogP contribution in [0.25, 0.3) is 0 Å². The summed E-state index contributed by atoms with van der Waals surface area (Å²) in [5, 5.41) is 0.868. The predicted molar refractivity (Wildman–Crippen MR) is 79.8 cm³/mol. The summed E-state index contributed by atoms with van der Waals surface area (Å²) in [6.45, 7) is 6.01. The van der Waals surface area contributed by atoms with Crippen molar-refractivity contribution in [3.05, 3.63) is 33.8 Å². The molecular formula is C16H22ClNO. The highest BCUT2D eigenvalue weighted by Crippen LogP contribution is 2.33. The van der Waals surface area contributed by atoms with Crippen LogP contribution in [0.1, 0.15) is 48.8 Å². The topological polar surface area (TPSA) is 20.3 Å². The van der Waals surface area contributed by atoms with E-state index in [-0.39, 0.29) is 0 Å². The monoisotopic (exact) mass is 279 g/mol. The molecule has 0 saturated carbocycles. The Morgan fingerprint density at radius 3 is 2.63 bits per heavy atom. The highest BCUT2D eigenvalue weighted by Gasteiger charge is 2.22. The number of aryl methyl sites for hydroxylation is 2. The van der Waals surface area contributed by atoms with Crippen LogP contribution in [0.4, 0.5) is 0 Å². The first kappa shape index (κ1) is 14.4. The third-order valence-electron chi connectivity index (χ3n) is 4.06. The number of piperidine rings is 1. The summed E-state index contributed by atoms with van der Waals surface area (Å²) >= 11 is 6.29. The highest BCUT2D eigenvalue weighted by molar-refractivity contribution is 6.31. The summed E-state index contributed by atoms with van der Waals surface area (Å²) in [5.41, 5.74) is 4.01. The first-order valence-electron chi connectivity index (χ1n) is 7.14. The smallest absolute Gasteiger partial charge is 0.209 e. The molecule has 1 amide bonds. The molecule has 3 heteroatoms. The molecule has 1 aromatic rings. The molecule has 0 atom stereocenters. The molecule has 0 spiro atoms. The number of rotatable bonds is 4. The van der Waals surface area contributed by atoms with Gasteiger partial charge in [0.15, 0.2) is 0 Å². The molecule has 2 rings (SSSR count). The Hall–Kier alpha value is -1.02. The Labute approximate surface area is 120 Å². The van der Waals surface area contributed by atoms with Crippen molar-refractivity contribution in [2.24, 2.45) is 0 Å². The molecule has 0 N–H and O–H groups in total. The van der Waals surface area contributed by atoms with Crippen molar-refractivity contribution in [1.82, 2.24) is 4.90 Å². The van der Waals surface area contributed by atoms with Crippen LogP contribution >= 0.6 is 11.6 Å². The molecule has 1 saturated heterocycles. The number of hydrogen-bond acceptors (Lipinski definition) is 1. The van der Waals surface area contributed by atoms with E-state index < -0.39 is 0 Å². The fraction of sp³-hybridized carbons (Fsp3) is 0.562. The van der Waals surface area contributed by atoms with Gasteiger partial charge in [-0.1, -0.05) is 31.0 Å². The van der Waals surface area contributed by atoms with Crippen molar-refractivity contribution in [2.45, 2.75) is 45.4 Å². The van der Waals surface area contributed by atoms with Crippen LogP contribution in [-0.4, -0.2) is 24.4 Å². The molecule has 0 bridgehead atoms. The summed E-state index contributed by atoms with van der Waals surface area (Å²) in [6.07, 6.45) is 5.33. The van der Waals surface area contributed by atoms with E-state index in [4.69, 9.17) is 11.6 Å². The zero-order chi connectivity index (χ0) is 13.8. The fourth-order valence-corrected chi connectivity index (χ4v) is 3.11. The van der Waals surface area contributed by atoms with Gasteiger partial charge < -0.3 is 4.90 Å². The summed E-state index contributed by atoms with van der Waals surface area (Å²) < 4.78 is 0. The predicted octanol–water partition coefficient (Wildman–Crippen LogP) is 3.94. The first-order valence-corrected chi connectivity index (χ1v) is 7.51. The maximum atomic E-state index is 10.8.